The highest BCUT2D eigenvalue weighted by atomic mass is 16.5. The molecule has 0 bridgehead atoms. The maximum Gasteiger partial charge on any atom is 0.257 e. The van der Waals surface area contributed by atoms with E-state index in [2.05, 4.69) is 35.4 Å². The smallest absolute Gasteiger partial charge is 0.257 e. The minimum absolute atomic E-state index is 0.646. The Balaban J connectivity index is 2.18. The fourth-order valence-corrected chi connectivity index (χ4v) is 1.85. The Kier molecular flexibility index (Phi) is 4.09. The Bertz CT molecular complexity index is 478. The van der Waals surface area contributed by atoms with E-state index in [4.69, 9.17) is 4.52 Å². The van der Waals surface area contributed by atoms with Gasteiger partial charge in [-0.1, -0.05) is 25.4 Å². The number of nitrogens with one attached hydrogen (secondary N) is 1. The molecule has 0 radical (unpaired) electrons. The number of fused-ring (bicyclic) bond motifs is 1. The van der Waals surface area contributed by atoms with Crippen LogP contribution in [-0.4, -0.2) is 16.7 Å². The third kappa shape index (κ3) is 2.82. The van der Waals surface area contributed by atoms with Gasteiger partial charge in [-0.3, -0.25) is 0 Å². The van der Waals surface area contributed by atoms with E-state index in [0.717, 1.165) is 43.4 Å². The number of nitrogens with zero attached hydrogens (tertiary/aromatic N) is 2. The number of hydrogen-bond acceptors (Lipinski definition) is 4. The lowest BCUT2D eigenvalue weighted by Crippen LogP contribution is -2.13. The second-order valence-electron chi connectivity index (χ2n) is 4.25. The fraction of sp³-hybridized carbons (Fsp3) is 0.538. The Labute approximate surface area is 101 Å². The van der Waals surface area contributed by atoms with Crippen LogP contribution in [0, 0.1) is 0 Å². The van der Waals surface area contributed by atoms with Crippen molar-refractivity contribution in [2.75, 3.05) is 6.54 Å². The van der Waals surface area contributed by atoms with Crippen LogP contribution in [0.5, 0.6) is 0 Å². The van der Waals surface area contributed by atoms with Crippen LogP contribution in [-0.2, 0) is 13.0 Å². The number of aromatic nitrogens is 2. The number of pyridine rings is 1. The first kappa shape index (κ1) is 12.0. The Morgan fingerprint density at radius 1 is 1.29 bits per heavy atom. The van der Waals surface area contributed by atoms with E-state index in [1.807, 2.05) is 6.20 Å². The maximum absolute atomic E-state index is 5.20. The summed E-state index contributed by atoms with van der Waals surface area (Å²) >= 11 is 0. The molecule has 17 heavy (non-hydrogen) atoms. The second-order valence-corrected chi connectivity index (χ2v) is 4.25. The minimum Gasteiger partial charge on any atom is -0.336 e. The molecule has 2 aromatic heterocycles. The van der Waals surface area contributed by atoms with E-state index in [9.17, 15) is 0 Å². The summed E-state index contributed by atoms with van der Waals surface area (Å²) in [6, 6.07) is 2.13. The standard InChI is InChI=1S/C13H19N3O/c1-3-5-12-11-7-10(8-14-6-4-2)9-15-13(11)17-16-12/h7,9,14H,3-6,8H2,1-2H3. The van der Waals surface area contributed by atoms with Crippen molar-refractivity contribution >= 4 is 11.1 Å². The third-order valence-electron chi connectivity index (χ3n) is 2.70. The molecular weight excluding hydrogens is 214 g/mol. The first-order valence-corrected chi connectivity index (χ1v) is 6.29. The van der Waals surface area contributed by atoms with Crippen molar-refractivity contribution in [2.45, 2.75) is 39.7 Å². The Hall–Kier alpha value is -1.42. The van der Waals surface area contributed by atoms with Crippen LogP contribution in [0.1, 0.15) is 37.9 Å². The van der Waals surface area contributed by atoms with Crippen molar-refractivity contribution < 1.29 is 4.52 Å². The zero-order valence-electron chi connectivity index (χ0n) is 10.5. The summed E-state index contributed by atoms with van der Waals surface area (Å²) in [5.41, 5.74) is 2.85. The Morgan fingerprint density at radius 2 is 2.18 bits per heavy atom. The predicted molar refractivity (Wildman–Crippen MR) is 67.8 cm³/mol. The highest BCUT2D eigenvalue weighted by Gasteiger charge is 2.08. The van der Waals surface area contributed by atoms with E-state index >= 15 is 0 Å². The number of hydrogen-bond donors (Lipinski definition) is 1. The van der Waals surface area contributed by atoms with Crippen molar-refractivity contribution in [3.63, 3.8) is 0 Å². The molecule has 4 heteroatoms. The number of aryl methyl sites for hydroxylation is 1. The van der Waals surface area contributed by atoms with Gasteiger partial charge in [0.1, 0.15) is 0 Å². The lowest BCUT2D eigenvalue weighted by molar-refractivity contribution is 0.438. The monoisotopic (exact) mass is 233 g/mol. The Morgan fingerprint density at radius 3 is 2.94 bits per heavy atom. The lowest BCUT2D eigenvalue weighted by atomic mass is 10.1. The van der Waals surface area contributed by atoms with E-state index in [1.54, 1.807) is 0 Å². The van der Waals surface area contributed by atoms with Gasteiger partial charge < -0.3 is 9.84 Å². The van der Waals surface area contributed by atoms with Gasteiger partial charge in [-0.25, -0.2) is 4.98 Å². The first-order valence-electron chi connectivity index (χ1n) is 6.29. The lowest BCUT2D eigenvalue weighted by Gasteiger charge is -2.02. The quantitative estimate of drug-likeness (QED) is 0.779. The molecule has 1 N–H and O–H groups in total. The summed E-state index contributed by atoms with van der Waals surface area (Å²) in [4.78, 5) is 4.29. The SMILES string of the molecule is CCCNCc1cnc2onc(CCC)c2c1. The molecule has 92 valence electrons. The van der Waals surface area contributed by atoms with Crippen LogP contribution < -0.4 is 5.32 Å². The van der Waals surface area contributed by atoms with Crippen LogP contribution in [0.4, 0.5) is 0 Å². The van der Waals surface area contributed by atoms with Crippen LogP contribution >= 0.6 is 0 Å². The second kappa shape index (κ2) is 5.77. The highest BCUT2D eigenvalue weighted by molar-refractivity contribution is 5.76. The predicted octanol–water partition coefficient (Wildman–Crippen LogP) is 2.67. The van der Waals surface area contributed by atoms with Gasteiger partial charge in [0, 0.05) is 12.7 Å². The number of rotatable bonds is 6. The third-order valence-corrected chi connectivity index (χ3v) is 2.70. The summed E-state index contributed by atoms with van der Waals surface area (Å²) in [5, 5.41) is 8.49. The molecule has 2 rings (SSSR count). The largest absolute Gasteiger partial charge is 0.336 e. The average molecular weight is 233 g/mol. The fourth-order valence-electron chi connectivity index (χ4n) is 1.85. The molecule has 0 unspecified atom stereocenters. The molecule has 0 saturated heterocycles. The van der Waals surface area contributed by atoms with Crippen molar-refractivity contribution in [3.05, 3.63) is 23.5 Å². The molecule has 0 aromatic carbocycles. The van der Waals surface area contributed by atoms with Gasteiger partial charge in [-0.2, -0.15) is 0 Å². The molecule has 2 heterocycles. The van der Waals surface area contributed by atoms with Crippen LogP contribution in [0.25, 0.3) is 11.1 Å². The molecule has 4 nitrogen and oxygen atoms in total. The summed E-state index contributed by atoms with van der Waals surface area (Å²) in [5.74, 6) is 0. The van der Waals surface area contributed by atoms with Crippen LogP contribution in [0.2, 0.25) is 0 Å². The molecule has 0 aliphatic carbocycles. The van der Waals surface area contributed by atoms with Crippen molar-refractivity contribution in [3.8, 4) is 0 Å². The molecule has 0 atom stereocenters. The van der Waals surface area contributed by atoms with Crippen molar-refractivity contribution in [1.29, 1.82) is 0 Å². The summed E-state index contributed by atoms with van der Waals surface area (Å²) in [6.07, 6.45) is 5.01. The van der Waals surface area contributed by atoms with E-state index < -0.39 is 0 Å². The highest BCUT2D eigenvalue weighted by Crippen LogP contribution is 2.18. The van der Waals surface area contributed by atoms with E-state index in [-0.39, 0.29) is 0 Å². The molecule has 0 spiro atoms. The minimum atomic E-state index is 0.646. The summed E-state index contributed by atoms with van der Waals surface area (Å²) < 4.78 is 5.20. The van der Waals surface area contributed by atoms with Crippen molar-refractivity contribution in [1.82, 2.24) is 15.5 Å². The van der Waals surface area contributed by atoms with Crippen LogP contribution in [0.3, 0.4) is 0 Å². The van der Waals surface area contributed by atoms with Gasteiger partial charge in [-0.05, 0) is 31.0 Å². The molecule has 0 amide bonds. The summed E-state index contributed by atoms with van der Waals surface area (Å²) in [6.45, 7) is 6.19. The van der Waals surface area contributed by atoms with Gasteiger partial charge in [0.15, 0.2) is 0 Å². The van der Waals surface area contributed by atoms with Gasteiger partial charge >= 0.3 is 0 Å². The normalized spacial score (nSPS) is 11.2. The first-order chi connectivity index (χ1) is 8.35. The van der Waals surface area contributed by atoms with E-state index in [0.29, 0.717) is 5.71 Å². The van der Waals surface area contributed by atoms with E-state index in [1.165, 1.54) is 5.56 Å². The van der Waals surface area contributed by atoms with Crippen molar-refractivity contribution in [2.24, 2.45) is 0 Å². The van der Waals surface area contributed by atoms with Gasteiger partial charge in [0.2, 0.25) is 0 Å². The van der Waals surface area contributed by atoms with Gasteiger partial charge in [0.25, 0.3) is 5.71 Å². The molecule has 0 fully saturated rings. The molecular formula is C13H19N3O. The topological polar surface area (TPSA) is 51.0 Å². The maximum atomic E-state index is 5.20. The van der Waals surface area contributed by atoms with Crippen LogP contribution in [0.15, 0.2) is 16.8 Å². The zero-order valence-corrected chi connectivity index (χ0v) is 10.5. The summed E-state index contributed by atoms with van der Waals surface area (Å²) in [7, 11) is 0. The molecule has 0 aliphatic heterocycles. The average Bonchev–Trinajstić information content (AvgIpc) is 2.73. The van der Waals surface area contributed by atoms with Gasteiger partial charge in [0.05, 0.1) is 11.1 Å². The zero-order chi connectivity index (χ0) is 12.1. The molecule has 0 saturated carbocycles. The molecule has 0 aliphatic rings. The van der Waals surface area contributed by atoms with Gasteiger partial charge in [-0.15, -0.1) is 0 Å². The molecule has 2 aromatic rings.